The van der Waals surface area contributed by atoms with Gasteiger partial charge in [-0.05, 0) is 40.5 Å². The largest absolute Gasteiger partial charge is 0.379 e. The van der Waals surface area contributed by atoms with E-state index < -0.39 is 5.92 Å². The van der Waals surface area contributed by atoms with Crippen LogP contribution in [0.25, 0.3) is 0 Å². The molecule has 0 aliphatic carbocycles. The highest BCUT2D eigenvalue weighted by atomic mass is 19.3. The molecule has 0 saturated carbocycles. The topological polar surface area (TPSA) is 19.0 Å². The molecule has 0 spiro atoms. The van der Waals surface area contributed by atoms with Crippen molar-refractivity contribution in [1.82, 2.24) is 14.7 Å². The normalized spacial score (nSPS) is 27.5. The van der Waals surface area contributed by atoms with Gasteiger partial charge in [0.2, 0.25) is 0 Å². The van der Waals surface area contributed by atoms with Gasteiger partial charge >= 0.3 is 0 Å². The zero-order valence-corrected chi connectivity index (χ0v) is 17.1. The summed E-state index contributed by atoms with van der Waals surface area (Å²) in [5.41, 5.74) is 0.155. The summed E-state index contributed by atoms with van der Waals surface area (Å²) in [5, 5.41) is 0. The lowest BCUT2D eigenvalue weighted by molar-refractivity contribution is -0.0828. The molecule has 3 aliphatic rings. The average Bonchev–Trinajstić information content (AvgIpc) is 2.52. The van der Waals surface area contributed by atoms with Crippen molar-refractivity contribution in [2.24, 2.45) is 0 Å². The highest BCUT2D eigenvalue weighted by Crippen LogP contribution is 2.36. The monoisotopic (exact) mass is 373 g/mol. The number of halogens is 2. The van der Waals surface area contributed by atoms with E-state index in [2.05, 4.69) is 42.4 Å². The number of nitrogens with zero attached hydrogens (tertiary/aromatic N) is 3. The number of alkyl halides is 2. The Morgan fingerprint density at radius 2 is 1.35 bits per heavy atom. The van der Waals surface area contributed by atoms with E-state index in [1.54, 1.807) is 0 Å². The smallest absolute Gasteiger partial charge is 0.250 e. The van der Waals surface area contributed by atoms with Gasteiger partial charge in [0.15, 0.2) is 0 Å². The fourth-order valence-corrected chi connectivity index (χ4v) is 4.49. The molecule has 0 N–H and O–H groups in total. The maximum Gasteiger partial charge on any atom is 0.250 e. The lowest BCUT2D eigenvalue weighted by Gasteiger charge is -2.54. The lowest BCUT2D eigenvalue weighted by atomic mass is 9.84. The summed E-state index contributed by atoms with van der Waals surface area (Å²) in [6.45, 7) is 16.3. The number of hydrogen-bond acceptors (Lipinski definition) is 4. The van der Waals surface area contributed by atoms with Gasteiger partial charge in [0.25, 0.3) is 5.92 Å². The van der Waals surface area contributed by atoms with Crippen LogP contribution in [0.1, 0.15) is 53.4 Å². The predicted molar refractivity (Wildman–Crippen MR) is 101 cm³/mol. The van der Waals surface area contributed by atoms with Gasteiger partial charge in [-0.25, -0.2) is 8.78 Å². The Hall–Kier alpha value is -0.300. The Bertz CT molecular complexity index is 462. The summed E-state index contributed by atoms with van der Waals surface area (Å²) in [4.78, 5) is 7.43. The Balaban J connectivity index is 1.44. The molecule has 0 amide bonds. The van der Waals surface area contributed by atoms with E-state index in [0.29, 0.717) is 19.1 Å². The van der Waals surface area contributed by atoms with Crippen molar-refractivity contribution in [3.8, 4) is 0 Å². The maximum atomic E-state index is 13.4. The average molecular weight is 374 g/mol. The first-order valence-corrected chi connectivity index (χ1v) is 10.3. The van der Waals surface area contributed by atoms with Gasteiger partial charge in [0.1, 0.15) is 0 Å². The van der Waals surface area contributed by atoms with E-state index in [4.69, 9.17) is 4.74 Å². The van der Waals surface area contributed by atoms with Crippen LogP contribution in [0.5, 0.6) is 0 Å². The molecule has 0 bridgehead atoms. The summed E-state index contributed by atoms with van der Waals surface area (Å²) in [7, 11) is 0. The van der Waals surface area contributed by atoms with Crippen molar-refractivity contribution in [3.63, 3.8) is 0 Å². The minimum Gasteiger partial charge on any atom is -0.379 e. The van der Waals surface area contributed by atoms with Crippen LogP contribution in [0.3, 0.4) is 0 Å². The molecule has 4 nitrogen and oxygen atoms in total. The SMILES string of the molecule is CC(C)(CCC(C)(C)N1CC(N2CCOCC2)C1)N1CCC(F)(F)CC1. The molecule has 0 unspecified atom stereocenters. The van der Waals surface area contributed by atoms with Crippen LogP contribution >= 0.6 is 0 Å². The van der Waals surface area contributed by atoms with Gasteiger partial charge in [-0.3, -0.25) is 14.7 Å². The Kier molecular flexibility index (Phi) is 5.98. The van der Waals surface area contributed by atoms with E-state index >= 15 is 0 Å². The van der Waals surface area contributed by atoms with E-state index in [1.807, 2.05) is 0 Å². The van der Waals surface area contributed by atoms with Gasteiger partial charge in [0, 0.05) is 69.2 Å². The first kappa shape index (κ1) is 20.4. The van der Waals surface area contributed by atoms with Crippen molar-refractivity contribution in [2.45, 2.75) is 76.4 Å². The molecule has 0 aromatic rings. The third-order valence-corrected chi connectivity index (χ3v) is 6.98. The summed E-state index contributed by atoms with van der Waals surface area (Å²) in [6.07, 6.45) is 2.16. The van der Waals surface area contributed by atoms with Crippen molar-refractivity contribution >= 4 is 0 Å². The third-order valence-electron chi connectivity index (χ3n) is 6.98. The minimum atomic E-state index is -2.46. The number of hydrogen-bond donors (Lipinski definition) is 0. The van der Waals surface area contributed by atoms with E-state index in [0.717, 1.165) is 52.2 Å². The predicted octanol–water partition coefficient (Wildman–Crippen LogP) is 3.07. The first-order chi connectivity index (χ1) is 12.1. The second kappa shape index (κ2) is 7.61. The molecular weight excluding hydrogens is 336 g/mol. The Morgan fingerprint density at radius 1 is 0.846 bits per heavy atom. The fourth-order valence-electron chi connectivity index (χ4n) is 4.49. The van der Waals surface area contributed by atoms with Crippen LogP contribution in [-0.4, -0.2) is 90.2 Å². The molecule has 3 saturated heterocycles. The van der Waals surface area contributed by atoms with Crippen molar-refractivity contribution < 1.29 is 13.5 Å². The molecule has 3 rings (SSSR count). The minimum absolute atomic E-state index is 0.00712. The summed E-state index contributed by atoms with van der Waals surface area (Å²) >= 11 is 0. The van der Waals surface area contributed by atoms with Gasteiger partial charge in [-0.15, -0.1) is 0 Å². The lowest BCUT2D eigenvalue weighted by Crippen LogP contribution is -2.66. The zero-order chi connectivity index (χ0) is 19.0. The Morgan fingerprint density at radius 3 is 1.88 bits per heavy atom. The maximum absolute atomic E-state index is 13.4. The number of ether oxygens (including phenoxy) is 1. The van der Waals surface area contributed by atoms with Crippen LogP contribution in [0.4, 0.5) is 8.78 Å². The van der Waals surface area contributed by atoms with Gasteiger partial charge in [-0.1, -0.05) is 0 Å². The van der Waals surface area contributed by atoms with Crippen LogP contribution in [0.15, 0.2) is 0 Å². The van der Waals surface area contributed by atoms with Crippen LogP contribution in [0.2, 0.25) is 0 Å². The second-order valence-electron chi connectivity index (χ2n) is 9.68. The van der Waals surface area contributed by atoms with Crippen LogP contribution < -0.4 is 0 Å². The van der Waals surface area contributed by atoms with Gasteiger partial charge in [-0.2, -0.15) is 0 Å². The van der Waals surface area contributed by atoms with E-state index in [-0.39, 0.29) is 23.9 Å². The molecule has 0 aromatic heterocycles. The molecule has 26 heavy (non-hydrogen) atoms. The molecule has 0 aromatic carbocycles. The first-order valence-electron chi connectivity index (χ1n) is 10.3. The van der Waals surface area contributed by atoms with Crippen LogP contribution in [-0.2, 0) is 4.74 Å². The van der Waals surface area contributed by atoms with E-state index in [1.165, 1.54) is 0 Å². The number of rotatable bonds is 6. The van der Waals surface area contributed by atoms with Crippen LogP contribution in [0, 0.1) is 0 Å². The summed E-state index contributed by atoms with van der Waals surface area (Å²) < 4.78 is 32.3. The van der Waals surface area contributed by atoms with Crippen molar-refractivity contribution in [3.05, 3.63) is 0 Å². The summed E-state index contributed by atoms with van der Waals surface area (Å²) in [5.74, 6) is -2.46. The molecular formula is C20H37F2N3O. The van der Waals surface area contributed by atoms with Gasteiger partial charge in [0.05, 0.1) is 13.2 Å². The summed E-state index contributed by atoms with van der Waals surface area (Å²) in [6, 6.07) is 0.676. The molecule has 0 atom stereocenters. The van der Waals surface area contributed by atoms with Crippen molar-refractivity contribution in [1.29, 1.82) is 0 Å². The molecule has 0 radical (unpaired) electrons. The fraction of sp³-hybridized carbons (Fsp3) is 1.00. The molecule has 3 heterocycles. The van der Waals surface area contributed by atoms with Crippen molar-refractivity contribution in [2.75, 3.05) is 52.5 Å². The van der Waals surface area contributed by atoms with Gasteiger partial charge < -0.3 is 4.74 Å². The molecule has 3 aliphatic heterocycles. The number of likely N-dealkylation sites (tertiary alicyclic amines) is 2. The number of morpholine rings is 1. The second-order valence-corrected chi connectivity index (χ2v) is 9.68. The molecule has 6 heteroatoms. The van der Waals surface area contributed by atoms with E-state index in [9.17, 15) is 8.78 Å². The Labute approximate surface area is 157 Å². The molecule has 3 fully saturated rings. The number of piperidine rings is 1. The molecule has 152 valence electrons. The highest BCUT2D eigenvalue weighted by molar-refractivity contribution is 4.98. The third kappa shape index (κ3) is 4.75. The standard InChI is InChI=1S/C20H37F2N3O/c1-18(2,24-9-7-20(21,22)8-10-24)5-6-19(3,4)25-15-17(16-25)23-11-13-26-14-12-23/h17H,5-16H2,1-4H3. The zero-order valence-electron chi connectivity index (χ0n) is 17.1. The highest BCUT2D eigenvalue weighted by Gasteiger charge is 2.42. The quantitative estimate of drug-likeness (QED) is 0.712.